The van der Waals surface area contributed by atoms with Crippen molar-refractivity contribution in [1.82, 2.24) is 4.90 Å². The molecule has 2 amide bonds. The molecule has 2 atom stereocenters. The number of nitrogens with one attached hydrogen (secondary N) is 1. The van der Waals surface area contributed by atoms with E-state index < -0.39 is 22.9 Å². The van der Waals surface area contributed by atoms with E-state index in [4.69, 9.17) is 0 Å². The molecule has 8 heteroatoms. The average molecular weight is 492 g/mol. The molecular weight excluding hydrogens is 470 g/mol. The molecule has 4 aromatic rings. The molecule has 0 unspecified atom stereocenters. The molecule has 37 heavy (non-hydrogen) atoms. The van der Waals surface area contributed by atoms with E-state index in [-0.39, 0.29) is 22.9 Å². The number of hydrogen-bond acceptors (Lipinski definition) is 5. The first kappa shape index (κ1) is 23.6. The van der Waals surface area contributed by atoms with E-state index in [9.17, 15) is 24.5 Å². The van der Waals surface area contributed by atoms with Crippen molar-refractivity contribution in [3.8, 4) is 0 Å². The molecule has 8 nitrogen and oxygen atoms in total. The lowest BCUT2D eigenvalue weighted by Crippen LogP contribution is -2.19. The first-order valence-corrected chi connectivity index (χ1v) is 11.6. The normalized spacial score (nSPS) is 16.1. The molecule has 1 saturated heterocycles. The van der Waals surface area contributed by atoms with Crippen LogP contribution in [-0.4, -0.2) is 33.5 Å². The van der Waals surface area contributed by atoms with Crippen LogP contribution in [0.5, 0.6) is 0 Å². The van der Waals surface area contributed by atoms with Crippen molar-refractivity contribution < 1.29 is 19.3 Å². The lowest BCUT2D eigenvalue weighted by atomic mass is 10.0. The number of amides is 2. The number of rotatable bonds is 7. The van der Waals surface area contributed by atoms with Gasteiger partial charge in [-0.15, -0.1) is 0 Å². The molecule has 5 rings (SSSR count). The van der Waals surface area contributed by atoms with Crippen LogP contribution in [0.1, 0.15) is 42.7 Å². The maximum absolute atomic E-state index is 13.6. The third kappa shape index (κ3) is 4.85. The molecule has 0 aromatic heterocycles. The first-order chi connectivity index (χ1) is 17.9. The summed E-state index contributed by atoms with van der Waals surface area (Å²) in [5.74, 6) is -1.02. The highest BCUT2D eigenvalue weighted by Crippen LogP contribution is 2.46. The number of nitro benzene ring substituents is 1. The highest BCUT2D eigenvalue weighted by molar-refractivity contribution is 6.09. The van der Waals surface area contributed by atoms with Crippen molar-refractivity contribution >= 4 is 29.0 Å². The zero-order valence-electron chi connectivity index (χ0n) is 19.5. The fourth-order valence-corrected chi connectivity index (χ4v) is 4.36. The number of ketones is 1. The molecule has 0 saturated carbocycles. The van der Waals surface area contributed by atoms with Gasteiger partial charge < -0.3 is 10.2 Å². The van der Waals surface area contributed by atoms with E-state index in [1.165, 1.54) is 30.3 Å². The van der Waals surface area contributed by atoms with Crippen molar-refractivity contribution in [3.05, 3.63) is 142 Å². The molecule has 1 aliphatic heterocycles. The van der Waals surface area contributed by atoms with Crippen LogP contribution in [0.4, 0.5) is 11.4 Å². The Morgan fingerprint density at radius 1 is 0.730 bits per heavy atom. The van der Waals surface area contributed by atoms with E-state index in [0.717, 1.165) is 5.56 Å². The van der Waals surface area contributed by atoms with Crippen LogP contribution in [0, 0.1) is 10.1 Å². The fraction of sp³-hybridized carbons (Fsp3) is 0.0690. The quantitative estimate of drug-likeness (QED) is 0.163. The summed E-state index contributed by atoms with van der Waals surface area (Å²) in [4.78, 5) is 51.5. The third-order valence-electron chi connectivity index (χ3n) is 6.20. The second-order valence-electron chi connectivity index (χ2n) is 8.59. The van der Waals surface area contributed by atoms with Gasteiger partial charge in [0.1, 0.15) is 6.04 Å². The number of non-ortho nitro benzene ring substituents is 1. The molecule has 4 aromatic carbocycles. The number of carbonyl (C=O) groups is 3. The first-order valence-electron chi connectivity index (χ1n) is 11.6. The summed E-state index contributed by atoms with van der Waals surface area (Å²) < 4.78 is 0. The Kier molecular flexibility index (Phi) is 6.30. The highest BCUT2D eigenvalue weighted by atomic mass is 16.6. The minimum atomic E-state index is -0.639. The average Bonchev–Trinajstić information content (AvgIpc) is 3.69. The van der Waals surface area contributed by atoms with E-state index in [2.05, 4.69) is 5.32 Å². The Morgan fingerprint density at radius 2 is 1.35 bits per heavy atom. The minimum Gasteiger partial charge on any atom is -0.322 e. The number of nitrogens with zero attached hydrogens (tertiary/aromatic N) is 2. The topological polar surface area (TPSA) is 109 Å². The summed E-state index contributed by atoms with van der Waals surface area (Å²) in [6.07, 6.45) is 0. The smallest absolute Gasteiger partial charge is 0.270 e. The van der Waals surface area contributed by atoms with Crippen molar-refractivity contribution in [2.75, 3.05) is 5.32 Å². The Labute approximate surface area is 212 Å². The Balaban J connectivity index is 1.39. The van der Waals surface area contributed by atoms with E-state index >= 15 is 0 Å². The van der Waals surface area contributed by atoms with E-state index in [1.807, 2.05) is 36.4 Å². The second kappa shape index (κ2) is 9.87. The maximum Gasteiger partial charge on any atom is 0.270 e. The van der Waals surface area contributed by atoms with Crippen LogP contribution in [0.15, 0.2) is 109 Å². The number of carbonyl (C=O) groups excluding carboxylic acids is 3. The minimum absolute atomic E-state index is 0.120. The van der Waals surface area contributed by atoms with Crippen LogP contribution in [-0.2, 0) is 0 Å². The predicted molar refractivity (Wildman–Crippen MR) is 137 cm³/mol. The standard InChI is InChI=1S/C29H21N3O5/c33-27(20-11-5-2-6-12-20)26-25(19-9-3-1-4-10-19)31(26)29(35)22-14-7-15-23(17-22)30-28(34)21-13-8-16-24(18-21)32(36)37/h1-18,25-26H,(H,30,34)/t25-,26-,31?/m1/s1. The highest BCUT2D eigenvalue weighted by Gasteiger charge is 2.56. The zero-order chi connectivity index (χ0) is 25.9. The van der Waals surface area contributed by atoms with Crippen LogP contribution in [0.3, 0.4) is 0 Å². The van der Waals surface area contributed by atoms with Gasteiger partial charge in [-0.3, -0.25) is 24.5 Å². The lowest BCUT2D eigenvalue weighted by Gasteiger charge is -2.09. The summed E-state index contributed by atoms with van der Waals surface area (Å²) in [6, 6.07) is 29.0. The monoisotopic (exact) mass is 491 g/mol. The Morgan fingerprint density at radius 3 is 2.05 bits per heavy atom. The molecule has 1 fully saturated rings. The van der Waals surface area contributed by atoms with Gasteiger partial charge in [0.15, 0.2) is 5.78 Å². The van der Waals surface area contributed by atoms with Gasteiger partial charge in [0.05, 0.1) is 11.0 Å². The van der Waals surface area contributed by atoms with Crippen molar-refractivity contribution in [2.45, 2.75) is 12.1 Å². The summed E-state index contributed by atoms with van der Waals surface area (Å²) in [7, 11) is 0. The zero-order valence-corrected chi connectivity index (χ0v) is 19.5. The lowest BCUT2D eigenvalue weighted by molar-refractivity contribution is -0.384. The third-order valence-corrected chi connectivity index (χ3v) is 6.20. The van der Waals surface area contributed by atoms with Gasteiger partial charge in [-0.05, 0) is 29.8 Å². The van der Waals surface area contributed by atoms with Crippen molar-refractivity contribution in [2.24, 2.45) is 0 Å². The number of hydrogen-bond donors (Lipinski definition) is 1. The van der Waals surface area contributed by atoms with Crippen LogP contribution >= 0.6 is 0 Å². The summed E-state index contributed by atoms with van der Waals surface area (Å²) in [5, 5.41) is 13.7. The van der Waals surface area contributed by atoms with Gasteiger partial charge in [0, 0.05) is 34.5 Å². The molecule has 1 heterocycles. The van der Waals surface area contributed by atoms with Crippen LogP contribution < -0.4 is 5.32 Å². The molecular formula is C29H21N3O5. The van der Waals surface area contributed by atoms with Gasteiger partial charge in [-0.1, -0.05) is 72.8 Å². The molecule has 0 radical (unpaired) electrons. The number of Topliss-reactive ketones (excluding diaryl/α,β-unsaturated/α-hetero) is 1. The maximum atomic E-state index is 13.6. The van der Waals surface area contributed by atoms with Gasteiger partial charge in [0.2, 0.25) is 0 Å². The number of anilines is 1. The predicted octanol–water partition coefficient (Wildman–Crippen LogP) is 5.30. The molecule has 1 aliphatic rings. The van der Waals surface area contributed by atoms with Crippen LogP contribution in [0.25, 0.3) is 0 Å². The van der Waals surface area contributed by atoms with Gasteiger partial charge in [-0.25, -0.2) is 0 Å². The van der Waals surface area contributed by atoms with E-state index in [0.29, 0.717) is 16.8 Å². The molecule has 0 spiro atoms. The van der Waals surface area contributed by atoms with Gasteiger partial charge >= 0.3 is 0 Å². The van der Waals surface area contributed by atoms with Crippen molar-refractivity contribution in [1.29, 1.82) is 0 Å². The Hall–Kier alpha value is -5.11. The van der Waals surface area contributed by atoms with Crippen molar-refractivity contribution in [3.63, 3.8) is 0 Å². The Bertz CT molecular complexity index is 1500. The second-order valence-corrected chi connectivity index (χ2v) is 8.59. The fourth-order valence-electron chi connectivity index (χ4n) is 4.36. The van der Waals surface area contributed by atoms with E-state index in [1.54, 1.807) is 47.4 Å². The van der Waals surface area contributed by atoms with Gasteiger partial charge in [0.25, 0.3) is 17.5 Å². The molecule has 0 bridgehead atoms. The van der Waals surface area contributed by atoms with Crippen LogP contribution in [0.2, 0.25) is 0 Å². The summed E-state index contributed by atoms with van der Waals surface area (Å²) in [5.41, 5.74) is 1.98. The van der Waals surface area contributed by atoms with Gasteiger partial charge in [-0.2, -0.15) is 0 Å². The summed E-state index contributed by atoms with van der Waals surface area (Å²) >= 11 is 0. The molecule has 0 aliphatic carbocycles. The molecule has 1 N–H and O–H groups in total. The molecule has 182 valence electrons. The summed E-state index contributed by atoms with van der Waals surface area (Å²) in [6.45, 7) is 0. The largest absolute Gasteiger partial charge is 0.322 e. The number of benzene rings is 4. The number of nitro groups is 1. The SMILES string of the molecule is O=C(Nc1cccc(C(=O)N2[C@H](c3ccccc3)[C@@H]2C(=O)c2ccccc2)c1)c1cccc([N+](=O)[O-])c1.